The topological polar surface area (TPSA) is 98.1 Å². The number of anilines is 1. The molecule has 180 valence electrons. The second kappa shape index (κ2) is 10.7. The zero-order valence-electron chi connectivity index (χ0n) is 19.6. The third-order valence-electron chi connectivity index (χ3n) is 5.54. The lowest BCUT2D eigenvalue weighted by molar-refractivity contribution is -0.149. The molecule has 8 nitrogen and oxygen atoms in total. The maximum atomic E-state index is 12.4. The van der Waals surface area contributed by atoms with Crippen molar-refractivity contribution in [2.24, 2.45) is 0 Å². The highest BCUT2D eigenvalue weighted by Gasteiger charge is 2.14. The number of esters is 1. The van der Waals surface area contributed by atoms with Crippen LogP contribution in [-0.4, -0.2) is 49.0 Å². The molecule has 35 heavy (non-hydrogen) atoms. The minimum atomic E-state index is -0.669. The molecule has 1 N–H and O–H groups in total. The summed E-state index contributed by atoms with van der Waals surface area (Å²) < 4.78 is 16.3. The van der Waals surface area contributed by atoms with Crippen LogP contribution in [0.1, 0.15) is 24.2 Å². The number of hydrogen-bond donors (Lipinski definition) is 1. The van der Waals surface area contributed by atoms with E-state index in [1.165, 1.54) is 0 Å². The van der Waals surface area contributed by atoms with Crippen molar-refractivity contribution in [2.75, 3.05) is 31.6 Å². The normalized spacial score (nSPS) is 10.8. The Balaban J connectivity index is 1.25. The molecule has 4 rings (SSSR count). The van der Waals surface area contributed by atoms with Gasteiger partial charge in [0.05, 0.1) is 0 Å². The first-order valence-corrected chi connectivity index (χ1v) is 11.4. The molecule has 8 heteroatoms. The molecule has 0 atom stereocenters. The first-order valence-electron chi connectivity index (χ1n) is 11.4. The van der Waals surface area contributed by atoms with E-state index >= 15 is 0 Å². The number of benzene rings is 3. The number of para-hydroxylation sites is 1. The fourth-order valence-electron chi connectivity index (χ4n) is 3.71. The van der Waals surface area contributed by atoms with Crippen molar-refractivity contribution >= 4 is 45.4 Å². The number of ether oxygens (including phenoxy) is 2. The predicted octanol–water partition coefficient (Wildman–Crippen LogP) is 4.63. The standard InChI is InChI=1S/C27H26N2O6/c1-3-29(4-2)27(32)18-9-11-19(12-10-18)28-25(30)16-34-26(31)17-33-20-13-14-24-22(15-20)21-7-5-6-8-23(21)35-24/h5-15H,3-4,16-17H2,1-2H3,(H,28,30). The fourth-order valence-corrected chi connectivity index (χ4v) is 3.71. The van der Waals surface area contributed by atoms with Crippen LogP contribution in [0, 0.1) is 0 Å². The third-order valence-corrected chi connectivity index (χ3v) is 5.54. The number of furan rings is 1. The highest BCUT2D eigenvalue weighted by molar-refractivity contribution is 6.05. The summed E-state index contributed by atoms with van der Waals surface area (Å²) in [7, 11) is 0. The van der Waals surface area contributed by atoms with E-state index in [9.17, 15) is 14.4 Å². The second-order valence-electron chi connectivity index (χ2n) is 7.81. The first-order chi connectivity index (χ1) is 17.0. The number of nitrogens with zero attached hydrogens (tertiary/aromatic N) is 1. The van der Waals surface area contributed by atoms with Gasteiger partial charge in [-0.2, -0.15) is 0 Å². The molecule has 1 aromatic heterocycles. The summed E-state index contributed by atoms with van der Waals surface area (Å²) in [6.45, 7) is 4.30. The summed E-state index contributed by atoms with van der Waals surface area (Å²) in [5, 5.41) is 4.48. The molecule has 0 unspecified atom stereocenters. The van der Waals surface area contributed by atoms with Gasteiger partial charge in [-0.1, -0.05) is 18.2 Å². The molecule has 0 aliphatic carbocycles. The number of amides is 2. The molecule has 2 amide bonds. The van der Waals surface area contributed by atoms with Gasteiger partial charge in [-0.25, -0.2) is 4.79 Å². The predicted molar refractivity (Wildman–Crippen MR) is 132 cm³/mol. The van der Waals surface area contributed by atoms with Gasteiger partial charge in [0.1, 0.15) is 16.9 Å². The van der Waals surface area contributed by atoms with Gasteiger partial charge in [0, 0.05) is 35.1 Å². The lowest BCUT2D eigenvalue weighted by atomic mass is 10.1. The Morgan fingerprint density at radius 2 is 1.57 bits per heavy atom. The van der Waals surface area contributed by atoms with Gasteiger partial charge in [0.15, 0.2) is 13.2 Å². The Hall–Kier alpha value is -4.33. The summed E-state index contributed by atoms with van der Waals surface area (Å²) in [5.41, 5.74) is 2.54. The molecule has 0 bridgehead atoms. The van der Waals surface area contributed by atoms with Crippen LogP contribution in [0.2, 0.25) is 0 Å². The average Bonchev–Trinajstić information content (AvgIpc) is 3.25. The van der Waals surface area contributed by atoms with E-state index in [1.54, 1.807) is 47.4 Å². The van der Waals surface area contributed by atoms with E-state index < -0.39 is 18.5 Å². The quantitative estimate of drug-likeness (QED) is 0.355. The van der Waals surface area contributed by atoms with Crippen molar-refractivity contribution in [3.8, 4) is 5.75 Å². The Kier molecular flexibility index (Phi) is 7.30. The highest BCUT2D eigenvalue weighted by atomic mass is 16.6. The van der Waals surface area contributed by atoms with Crippen LogP contribution in [0.5, 0.6) is 5.75 Å². The minimum Gasteiger partial charge on any atom is -0.482 e. The number of rotatable bonds is 9. The molecular weight excluding hydrogens is 448 g/mol. The van der Waals surface area contributed by atoms with Crippen molar-refractivity contribution in [3.05, 3.63) is 72.3 Å². The maximum Gasteiger partial charge on any atom is 0.344 e. The van der Waals surface area contributed by atoms with Crippen LogP contribution in [0.4, 0.5) is 5.69 Å². The monoisotopic (exact) mass is 474 g/mol. The molecule has 1 heterocycles. The number of fused-ring (bicyclic) bond motifs is 3. The van der Waals surface area contributed by atoms with E-state index in [2.05, 4.69) is 5.32 Å². The Morgan fingerprint density at radius 3 is 2.31 bits per heavy atom. The summed E-state index contributed by atoms with van der Waals surface area (Å²) in [4.78, 5) is 38.3. The summed E-state index contributed by atoms with van der Waals surface area (Å²) in [5.74, 6) is -0.739. The molecule has 0 aliphatic heterocycles. The van der Waals surface area contributed by atoms with Crippen molar-refractivity contribution < 1.29 is 28.3 Å². The highest BCUT2D eigenvalue weighted by Crippen LogP contribution is 2.31. The van der Waals surface area contributed by atoms with Crippen molar-refractivity contribution in [1.29, 1.82) is 0 Å². The molecular formula is C27H26N2O6. The van der Waals surface area contributed by atoms with Crippen LogP contribution in [0.25, 0.3) is 21.9 Å². The molecule has 0 fully saturated rings. The zero-order valence-corrected chi connectivity index (χ0v) is 19.6. The van der Waals surface area contributed by atoms with Crippen molar-refractivity contribution in [2.45, 2.75) is 13.8 Å². The first kappa shape index (κ1) is 23.8. The van der Waals surface area contributed by atoms with Crippen molar-refractivity contribution in [1.82, 2.24) is 4.90 Å². The van der Waals surface area contributed by atoms with E-state index in [0.717, 1.165) is 21.9 Å². The van der Waals surface area contributed by atoms with E-state index in [4.69, 9.17) is 13.9 Å². The summed E-state index contributed by atoms with van der Waals surface area (Å²) >= 11 is 0. The Labute approximate surface area is 202 Å². The summed E-state index contributed by atoms with van der Waals surface area (Å²) in [6, 6.07) is 19.5. The third kappa shape index (κ3) is 5.60. The largest absolute Gasteiger partial charge is 0.482 e. The maximum absolute atomic E-state index is 12.4. The van der Waals surface area contributed by atoms with Crippen LogP contribution in [-0.2, 0) is 14.3 Å². The van der Waals surface area contributed by atoms with Crippen molar-refractivity contribution in [3.63, 3.8) is 0 Å². The van der Waals surface area contributed by atoms with Gasteiger partial charge in [-0.3, -0.25) is 9.59 Å². The smallest absolute Gasteiger partial charge is 0.344 e. The number of carbonyl (C=O) groups is 3. The molecule has 3 aromatic carbocycles. The van der Waals surface area contributed by atoms with E-state index in [1.807, 2.05) is 38.1 Å². The SMILES string of the molecule is CCN(CC)C(=O)c1ccc(NC(=O)COC(=O)COc2ccc3oc4ccccc4c3c2)cc1. The number of hydrogen-bond acceptors (Lipinski definition) is 6. The van der Waals surface area contributed by atoms with Gasteiger partial charge >= 0.3 is 5.97 Å². The molecule has 0 saturated heterocycles. The molecule has 4 aromatic rings. The van der Waals surface area contributed by atoms with Crippen LogP contribution >= 0.6 is 0 Å². The fraction of sp³-hybridized carbons (Fsp3) is 0.222. The van der Waals surface area contributed by atoms with Crippen LogP contribution in [0.15, 0.2) is 71.1 Å². The Morgan fingerprint density at radius 1 is 0.857 bits per heavy atom. The van der Waals surface area contributed by atoms with Gasteiger partial charge in [0.2, 0.25) is 0 Å². The lowest BCUT2D eigenvalue weighted by Crippen LogP contribution is -2.30. The number of nitrogens with one attached hydrogen (secondary N) is 1. The van der Waals surface area contributed by atoms with Gasteiger partial charge < -0.3 is 24.1 Å². The van der Waals surface area contributed by atoms with Gasteiger partial charge in [-0.15, -0.1) is 0 Å². The lowest BCUT2D eigenvalue weighted by Gasteiger charge is -2.18. The van der Waals surface area contributed by atoms with Crippen LogP contribution < -0.4 is 10.1 Å². The van der Waals surface area contributed by atoms with Gasteiger partial charge in [-0.05, 0) is 62.4 Å². The van der Waals surface area contributed by atoms with Crippen LogP contribution in [0.3, 0.4) is 0 Å². The average molecular weight is 475 g/mol. The number of carbonyl (C=O) groups excluding carboxylic acids is 3. The van der Waals surface area contributed by atoms with E-state index in [-0.39, 0.29) is 12.5 Å². The molecule has 0 radical (unpaired) electrons. The molecule has 0 saturated carbocycles. The second-order valence-corrected chi connectivity index (χ2v) is 7.81. The van der Waals surface area contributed by atoms with Gasteiger partial charge in [0.25, 0.3) is 11.8 Å². The molecule has 0 spiro atoms. The zero-order chi connectivity index (χ0) is 24.8. The minimum absolute atomic E-state index is 0.0677. The van der Waals surface area contributed by atoms with E-state index in [0.29, 0.717) is 30.1 Å². The summed E-state index contributed by atoms with van der Waals surface area (Å²) in [6.07, 6.45) is 0. The Bertz CT molecular complexity index is 1360. The molecule has 0 aliphatic rings.